The van der Waals surface area contributed by atoms with Crippen molar-refractivity contribution in [2.45, 2.75) is 37.9 Å². The molecule has 5 nitrogen and oxygen atoms in total. The molecule has 0 spiro atoms. The molecule has 0 saturated heterocycles. The number of thioether (sulfide) groups is 1. The minimum atomic E-state index is 0.116. The predicted octanol–water partition coefficient (Wildman–Crippen LogP) is 4.25. The first-order valence-corrected chi connectivity index (χ1v) is 10.5. The number of hydrogen-bond donors (Lipinski definition) is 0. The van der Waals surface area contributed by atoms with Crippen LogP contribution in [0.3, 0.4) is 0 Å². The molecule has 1 aromatic heterocycles. The summed E-state index contributed by atoms with van der Waals surface area (Å²) in [6.07, 6.45) is 2.02. The summed E-state index contributed by atoms with van der Waals surface area (Å²) in [4.78, 5) is 15.0. The maximum absolute atomic E-state index is 13.0. The van der Waals surface area contributed by atoms with Gasteiger partial charge in [-0.25, -0.2) is 0 Å². The van der Waals surface area contributed by atoms with Gasteiger partial charge in [0, 0.05) is 24.3 Å². The molecule has 0 radical (unpaired) electrons. The summed E-state index contributed by atoms with van der Waals surface area (Å²) in [5.41, 5.74) is 4.52. The number of amides is 1. The van der Waals surface area contributed by atoms with Crippen LogP contribution in [0.1, 0.15) is 24.5 Å². The van der Waals surface area contributed by atoms with E-state index < -0.39 is 0 Å². The monoisotopic (exact) mass is 392 g/mol. The zero-order chi connectivity index (χ0) is 19.7. The Morgan fingerprint density at radius 1 is 1.14 bits per heavy atom. The Labute approximate surface area is 169 Å². The van der Waals surface area contributed by atoms with Crippen LogP contribution in [0.15, 0.2) is 53.7 Å². The van der Waals surface area contributed by atoms with Gasteiger partial charge in [-0.2, -0.15) is 0 Å². The SMILES string of the molecule is Cc1ccccc1-c1nnc(SCC(=O)N2c3ccccc3CCC2C)n1C. The fraction of sp³-hybridized carbons (Fsp3) is 0.318. The third-order valence-electron chi connectivity index (χ3n) is 5.34. The van der Waals surface area contributed by atoms with E-state index in [1.54, 1.807) is 0 Å². The number of benzene rings is 2. The second kappa shape index (κ2) is 7.80. The zero-order valence-electron chi connectivity index (χ0n) is 16.4. The summed E-state index contributed by atoms with van der Waals surface area (Å²) < 4.78 is 1.97. The fourth-order valence-electron chi connectivity index (χ4n) is 3.76. The molecule has 0 N–H and O–H groups in total. The van der Waals surface area contributed by atoms with Crippen LogP contribution in [0.4, 0.5) is 5.69 Å². The Morgan fingerprint density at radius 2 is 1.89 bits per heavy atom. The van der Waals surface area contributed by atoms with Gasteiger partial charge in [0.15, 0.2) is 11.0 Å². The number of carbonyl (C=O) groups excluding carboxylic acids is 1. The molecule has 0 bridgehead atoms. The first kappa shape index (κ1) is 18.7. The number of aromatic nitrogens is 3. The van der Waals surface area contributed by atoms with Gasteiger partial charge in [-0.05, 0) is 43.9 Å². The summed E-state index contributed by atoms with van der Waals surface area (Å²) in [6, 6.07) is 16.5. The van der Waals surface area contributed by atoms with Gasteiger partial charge in [-0.3, -0.25) is 4.79 Å². The van der Waals surface area contributed by atoms with E-state index in [2.05, 4.69) is 36.2 Å². The molecule has 144 valence electrons. The zero-order valence-corrected chi connectivity index (χ0v) is 17.2. The molecule has 3 aromatic rings. The molecular weight excluding hydrogens is 368 g/mol. The topological polar surface area (TPSA) is 51.0 Å². The molecule has 4 rings (SSSR count). The van der Waals surface area contributed by atoms with Crippen LogP contribution in [-0.4, -0.2) is 32.5 Å². The van der Waals surface area contributed by atoms with E-state index in [-0.39, 0.29) is 11.9 Å². The van der Waals surface area contributed by atoms with Crippen LogP contribution in [-0.2, 0) is 18.3 Å². The first-order valence-electron chi connectivity index (χ1n) is 9.54. The number of para-hydroxylation sites is 1. The van der Waals surface area contributed by atoms with Gasteiger partial charge in [-0.1, -0.05) is 54.2 Å². The largest absolute Gasteiger partial charge is 0.309 e. The minimum absolute atomic E-state index is 0.116. The summed E-state index contributed by atoms with van der Waals surface area (Å²) in [7, 11) is 1.95. The first-order chi connectivity index (χ1) is 13.6. The van der Waals surface area contributed by atoms with E-state index in [9.17, 15) is 4.79 Å². The summed E-state index contributed by atoms with van der Waals surface area (Å²) >= 11 is 1.45. The molecule has 1 unspecified atom stereocenters. The predicted molar refractivity (Wildman–Crippen MR) is 114 cm³/mol. The minimum Gasteiger partial charge on any atom is -0.309 e. The quantitative estimate of drug-likeness (QED) is 0.623. The summed E-state index contributed by atoms with van der Waals surface area (Å²) in [5.74, 6) is 1.29. The molecule has 6 heteroatoms. The smallest absolute Gasteiger partial charge is 0.237 e. The average Bonchev–Trinajstić information content (AvgIpc) is 3.06. The molecular formula is C22H24N4OS. The van der Waals surface area contributed by atoms with E-state index in [1.807, 2.05) is 52.9 Å². The Kier molecular flexibility index (Phi) is 5.22. The molecule has 0 fully saturated rings. The Hall–Kier alpha value is -2.60. The standard InChI is InChI=1S/C22H24N4OS/c1-15-8-4-6-10-18(15)21-23-24-22(25(21)3)28-14-20(27)26-16(2)12-13-17-9-5-7-11-19(17)26/h4-11,16H,12-14H2,1-3H3. The van der Waals surface area contributed by atoms with Gasteiger partial charge < -0.3 is 9.47 Å². The van der Waals surface area contributed by atoms with Crippen molar-refractivity contribution in [2.75, 3.05) is 10.7 Å². The van der Waals surface area contributed by atoms with E-state index in [0.29, 0.717) is 5.75 Å². The van der Waals surface area contributed by atoms with Crippen LogP contribution in [0.25, 0.3) is 11.4 Å². The van der Waals surface area contributed by atoms with Gasteiger partial charge in [0.2, 0.25) is 5.91 Å². The van der Waals surface area contributed by atoms with Crippen LogP contribution in [0, 0.1) is 6.92 Å². The Bertz CT molecular complexity index is 1010. The van der Waals surface area contributed by atoms with E-state index >= 15 is 0 Å². The van der Waals surface area contributed by atoms with Crippen molar-refractivity contribution < 1.29 is 4.79 Å². The number of aryl methyl sites for hydroxylation is 2. The molecule has 1 aliphatic rings. The van der Waals surface area contributed by atoms with Crippen LogP contribution < -0.4 is 4.90 Å². The lowest BCUT2D eigenvalue weighted by molar-refractivity contribution is -0.116. The summed E-state index contributed by atoms with van der Waals surface area (Å²) in [6.45, 7) is 4.19. The van der Waals surface area contributed by atoms with Crippen molar-refractivity contribution in [1.29, 1.82) is 0 Å². The lowest BCUT2D eigenvalue weighted by Gasteiger charge is -2.35. The number of nitrogens with zero attached hydrogens (tertiary/aromatic N) is 4. The maximum atomic E-state index is 13.0. The molecule has 1 amide bonds. The van der Waals surface area contributed by atoms with Gasteiger partial charge in [-0.15, -0.1) is 10.2 Å². The highest BCUT2D eigenvalue weighted by Crippen LogP contribution is 2.32. The highest BCUT2D eigenvalue weighted by atomic mass is 32.2. The summed E-state index contributed by atoms with van der Waals surface area (Å²) in [5, 5.41) is 9.43. The van der Waals surface area contributed by atoms with Crippen molar-refractivity contribution in [3.05, 3.63) is 59.7 Å². The van der Waals surface area contributed by atoms with E-state index in [4.69, 9.17) is 0 Å². The lowest BCUT2D eigenvalue weighted by atomic mass is 9.97. The van der Waals surface area contributed by atoms with Crippen LogP contribution in [0.5, 0.6) is 0 Å². The fourth-order valence-corrected chi connectivity index (χ4v) is 4.53. The third-order valence-corrected chi connectivity index (χ3v) is 6.34. The van der Waals surface area contributed by atoms with Crippen molar-refractivity contribution in [1.82, 2.24) is 14.8 Å². The van der Waals surface area contributed by atoms with Crippen LogP contribution >= 0.6 is 11.8 Å². The van der Waals surface area contributed by atoms with Crippen molar-refractivity contribution in [3.8, 4) is 11.4 Å². The van der Waals surface area contributed by atoms with Crippen molar-refractivity contribution >= 4 is 23.4 Å². The Balaban J connectivity index is 1.51. The highest BCUT2D eigenvalue weighted by Gasteiger charge is 2.28. The third kappa shape index (κ3) is 3.44. The molecule has 0 aliphatic carbocycles. The number of anilines is 1. The molecule has 28 heavy (non-hydrogen) atoms. The highest BCUT2D eigenvalue weighted by molar-refractivity contribution is 7.99. The normalized spacial score (nSPS) is 16.1. The second-order valence-electron chi connectivity index (χ2n) is 7.25. The van der Waals surface area contributed by atoms with Gasteiger partial charge >= 0.3 is 0 Å². The molecule has 2 heterocycles. The Morgan fingerprint density at radius 3 is 2.71 bits per heavy atom. The number of fused-ring (bicyclic) bond motifs is 1. The van der Waals surface area contributed by atoms with E-state index in [0.717, 1.165) is 40.6 Å². The number of rotatable bonds is 4. The van der Waals surface area contributed by atoms with Crippen LogP contribution in [0.2, 0.25) is 0 Å². The molecule has 1 atom stereocenters. The molecule has 1 aliphatic heterocycles. The van der Waals surface area contributed by atoms with Gasteiger partial charge in [0.25, 0.3) is 0 Å². The second-order valence-corrected chi connectivity index (χ2v) is 8.19. The van der Waals surface area contributed by atoms with Gasteiger partial charge in [0.05, 0.1) is 5.75 Å². The molecule has 0 saturated carbocycles. The average molecular weight is 393 g/mol. The number of carbonyl (C=O) groups is 1. The van der Waals surface area contributed by atoms with Gasteiger partial charge in [0.1, 0.15) is 0 Å². The van der Waals surface area contributed by atoms with E-state index in [1.165, 1.54) is 17.3 Å². The molecule has 2 aromatic carbocycles. The lowest BCUT2D eigenvalue weighted by Crippen LogP contribution is -2.43. The maximum Gasteiger partial charge on any atom is 0.237 e. The van der Waals surface area contributed by atoms with Crippen molar-refractivity contribution in [3.63, 3.8) is 0 Å². The van der Waals surface area contributed by atoms with Crippen molar-refractivity contribution in [2.24, 2.45) is 7.05 Å². The number of hydrogen-bond acceptors (Lipinski definition) is 4.